The molecule has 0 amide bonds. The molecule has 270 valence electrons. The highest BCUT2D eigenvalue weighted by atomic mass is 14.4. The molecule has 0 bridgehead atoms. The molecule has 4 rings (SSSR count). The van der Waals surface area contributed by atoms with E-state index in [2.05, 4.69) is 146 Å². The van der Waals surface area contributed by atoms with Gasteiger partial charge < -0.3 is 0 Å². The molecule has 3 aromatic rings. The van der Waals surface area contributed by atoms with Crippen molar-refractivity contribution in [2.45, 2.75) is 139 Å². The Morgan fingerprint density at radius 2 is 1.24 bits per heavy atom. The first-order valence-corrected chi connectivity index (χ1v) is 19.5. The summed E-state index contributed by atoms with van der Waals surface area (Å²) in [6.07, 6.45) is 16.6. The molecule has 0 aliphatic heterocycles. The molecule has 50 heavy (non-hydrogen) atoms. The fourth-order valence-electron chi connectivity index (χ4n) is 6.90. The summed E-state index contributed by atoms with van der Waals surface area (Å²) in [5.41, 5.74) is 14.7. The van der Waals surface area contributed by atoms with Crippen LogP contribution in [-0.4, -0.2) is 0 Å². The second-order valence-corrected chi connectivity index (χ2v) is 15.1. The topological polar surface area (TPSA) is 0 Å². The highest BCUT2D eigenvalue weighted by Gasteiger charge is 2.37. The van der Waals surface area contributed by atoms with Crippen molar-refractivity contribution in [1.29, 1.82) is 0 Å². The molecule has 1 aliphatic carbocycles. The molecule has 1 aliphatic rings. The summed E-state index contributed by atoms with van der Waals surface area (Å²) in [5.74, 6) is 0. The van der Waals surface area contributed by atoms with Gasteiger partial charge in [-0.2, -0.15) is 0 Å². The van der Waals surface area contributed by atoms with Crippen molar-refractivity contribution in [1.82, 2.24) is 0 Å². The van der Waals surface area contributed by atoms with E-state index in [1.165, 1.54) is 74.1 Å². The molecule has 0 heteroatoms. The lowest BCUT2D eigenvalue weighted by Gasteiger charge is -2.38. The molecule has 0 saturated heterocycles. The van der Waals surface area contributed by atoms with Gasteiger partial charge in [-0.05, 0) is 134 Å². The van der Waals surface area contributed by atoms with Gasteiger partial charge in [0.1, 0.15) is 0 Å². The Labute approximate surface area is 309 Å². The Bertz CT molecular complexity index is 1590. The zero-order chi connectivity index (χ0) is 37.3. The molecule has 0 saturated carbocycles. The van der Waals surface area contributed by atoms with E-state index in [4.69, 9.17) is 6.58 Å². The summed E-state index contributed by atoms with van der Waals surface area (Å²) < 4.78 is 0. The first kappa shape index (κ1) is 42.5. The van der Waals surface area contributed by atoms with Crippen molar-refractivity contribution in [3.63, 3.8) is 0 Å². The van der Waals surface area contributed by atoms with Crippen molar-refractivity contribution >= 4 is 0 Å². The highest BCUT2D eigenvalue weighted by molar-refractivity contribution is 5.56. The third-order valence-corrected chi connectivity index (χ3v) is 9.65. The van der Waals surface area contributed by atoms with E-state index in [0.29, 0.717) is 0 Å². The van der Waals surface area contributed by atoms with Crippen molar-refractivity contribution < 1.29 is 0 Å². The van der Waals surface area contributed by atoms with E-state index < -0.39 is 0 Å². The summed E-state index contributed by atoms with van der Waals surface area (Å²) in [4.78, 5) is 0. The van der Waals surface area contributed by atoms with Crippen LogP contribution in [0.5, 0.6) is 0 Å². The van der Waals surface area contributed by atoms with Crippen molar-refractivity contribution in [3.05, 3.63) is 165 Å². The van der Waals surface area contributed by atoms with E-state index in [0.717, 1.165) is 44.9 Å². The maximum absolute atomic E-state index is 5.00. The minimum atomic E-state index is -0.310. The third kappa shape index (κ3) is 12.9. The number of hydrogen-bond acceptors (Lipinski definition) is 0. The maximum Gasteiger partial charge on any atom is 0.0283 e. The first-order valence-electron chi connectivity index (χ1n) is 19.5. The zero-order valence-electron chi connectivity index (χ0n) is 33.9. The largest absolute Gasteiger partial charge is 0.100 e. The molecular weight excluding hydrogens is 601 g/mol. The van der Waals surface area contributed by atoms with Crippen LogP contribution in [0.4, 0.5) is 0 Å². The van der Waals surface area contributed by atoms with Gasteiger partial charge in [-0.3, -0.25) is 0 Å². The first-order chi connectivity index (χ1) is 23.9. The van der Waals surface area contributed by atoms with Gasteiger partial charge in [0.15, 0.2) is 0 Å². The maximum atomic E-state index is 5.00. The van der Waals surface area contributed by atoms with Gasteiger partial charge in [0.2, 0.25) is 0 Å². The van der Waals surface area contributed by atoms with Crippen LogP contribution in [0.15, 0.2) is 132 Å². The molecule has 0 heterocycles. The van der Waals surface area contributed by atoms with E-state index >= 15 is 0 Å². The van der Waals surface area contributed by atoms with E-state index in [9.17, 15) is 0 Å². The van der Waals surface area contributed by atoms with Gasteiger partial charge in [-0.15, -0.1) is 6.58 Å². The van der Waals surface area contributed by atoms with E-state index in [1.54, 1.807) is 0 Å². The second kappa shape index (κ2) is 20.9. The number of benzene rings is 3. The summed E-state index contributed by atoms with van der Waals surface area (Å²) in [6.45, 7) is 32.9. The van der Waals surface area contributed by atoms with Gasteiger partial charge in [0.05, 0.1) is 0 Å². The average molecular weight is 671 g/mol. The fraction of sp³-hybridized carbons (Fsp3) is 0.440. The standard InChI is InChI=1S/C46H58.2C2H6/c1-10-38-19-15-23-44(30-38)46(37(6)43-22-13-17-35(4)36(5)28-43,33-42-21-14-20-41(29-42)31-45(7,8)9)32-40-26-24-39(25-27-40)18-12-11-16-34(2)3;2*1-2/h14-15,17,19-30H,2,6,10-13,16,18,31-33H2,1,3-5,7-9H3;2*1-2H3. The van der Waals surface area contributed by atoms with Gasteiger partial charge in [0.25, 0.3) is 0 Å². The van der Waals surface area contributed by atoms with E-state index in [1.807, 2.05) is 27.7 Å². The van der Waals surface area contributed by atoms with Crippen LogP contribution < -0.4 is 0 Å². The number of allylic oxidation sites excluding steroid dienone is 8. The summed E-state index contributed by atoms with van der Waals surface area (Å²) in [5, 5.41) is 0. The summed E-state index contributed by atoms with van der Waals surface area (Å²) in [7, 11) is 0. The average Bonchev–Trinajstić information content (AvgIpc) is 3.27. The predicted molar refractivity (Wildman–Crippen MR) is 225 cm³/mol. The summed E-state index contributed by atoms with van der Waals surface area (Å²) >= 11 is 0. The predicted octanol–water partition coefficient (Wildman–Crippen LogP) is 14.7. The molecule has 0 aromatic heterocycles. The lowest BCUT2D eigenvalue weighted by molar-refractivity contribution is 0.411. The van der Waals surface area contributed by atoms with E-state index in [-0.39, 0.29) is 10.8 Å². The fourth-order valence-corrected chi connectivity index (χ4v) is 6.90. The number of aryl methyl sites for hydroxylation is 2. The lowest BCUT2D eigenvalue weighted by atomic mass is 9.64. The second-order valence-electron chi connectivity index (χ2n) is 15.1. The van der Waals surface area contributed by atoms with Gasteiger partial charge >= 0.3 is 0 Å². The van der Waals surface area contributed by atoms with Crippen LogP contribution in [0.25, 0.3) is 0 Å². The van der Waals surface area contributed by atoms with Crippen LogP contribution in [0, 0.1) is 5.41 Å². The molecule has 0 N–H and O–H groups in total. The molecule has 3 aromatic carbocycles. The quantitative estimate of drug-likeness (QED) is 0.118. The zero-order valence-corrected chi connectivity index (χ0v) is 33.9. The molecule has 0 fully saturated rings. The van der Waals surface area contributed by atoms with Gasteiger partial charge in [-0.25, -0.2) is 0 Å². The molecular formula is C50H70. The van der Waals surface area contributed by atoms with Crippen molar-refractivity contribution in [2.24, 2.45) is 5.41 Å². The smallest absolute Gasteiger partial charge is 0.0283 e. The summed E-state index contributed by atoms with van der Waals surface area (Å²) in [6, 6.07) is 28.2. The van der Waals surface area contributed by atoms with Crippen LogP contribution in [0.3, 0.4) is 0 Å². The molecule has 0 radical (unpaired) electrons. The van der Waals surface area contributed by atoms with Crippen LogP contribution in [0.2, 0.25) is 0 Å². The van der Waals surface area contributed by atoms with Crippen LogP contribution in [-0.2, 0) is 37.5 Å². The number of rotatable bonds is 14. The van der Waals surface area contributed by atoms with Crippen LogP contribution in [0.1, 0.15) is 135 Å². The highest BCUT2D eigenvalue weighted by Crippen LogP contribution is 2.44. The minimum Gasteiger partial charge on any atom is -0.100 e. The number of hydrogen-bond donors (Lipinski definition) is 0. The van der Waals surface area contributed by atoms with Crippen LogP contribution >= 0.6 is 0 Å². The Kier molecular flexibility index (Phi) is 17.8. The SMILES string of the molecule is C=C(C)CCCCc1ccc(CC(Cc2cccc(CC(C)(C)C)c2)(C(=C)C2=CCC=C(C)C(C)=C2)c2cccc(CC)c2)cc1.CC.CC. The Hall–Kier alpha value is -3.64. The monoisotopic (exact) mass is 671 g/mol. The van der Waals surface area contributed by atoms with Crippen molar-refractivity contribution in [2.75, 3.05) is 0 Å². The van der Waals surface area contributed by atoms with Crippen molar-refractivity contribution in [3.8, 4) is 0 Å². The Morgan fingerprint density at radius 1 is 0.660 bits per heavy atom. The Balaban J connectivity index is 0.00000209. The normalized spacial score (nSPS) is 13.9. The lowest BCUT2D eigenvalue weighted by Crippen LogP contribution is -2.35. The Morgan fingerprint density at radius 3 is 1.86 bits per heavy atom. The molecule has 0 nitrogen and oxygen atoms in total. The van der Waals surface area contributed by atoms with Gasteiger partial charge in [0, 0.05) is 5.41 Å². The molecule has 1 atom stereocenters. The van der Waals surface area contributed by atoms with Gasteiger partial charge in [-0.1, -0.05) is 164 Å². The molecule has 1 unspecified atom stereocenters. The number of unbranched alkanes of at least 4 members (excludes halogenated alkanes) is 1. The minimum absolute atomic E-state index is 0.235. The third-order valence-electron chi connectivity index (χ3n) is 9.65. The molecule has 0 spiro atoms.